The number of carbonyl (C=O) groups excluding carboxylic acids is 2. The van der Waals surface area contributed by atoms with E-state index in [1.165, 1.54) is 18.4 Å². The third-order valence-electron chi connectivity index (χ3n) is 5.50. The van der Waals surface area contributed by atoms with Gasteiger partial charge in [-0.25, -0.2) is 4.98 Å². The maximum Gasteiger partial charge on any atom is 0.323 e. The first kappa shape index (κ1) is 25.8. The Morgan fingerprint density at radius 2 is 2.14 bits per heavy atom. The molecule has 0 bridgehead atoms. The predicted octanol–water partition coefficient (Wildman–Crippen LogP) is 4.07. The van der Waals surface area contributed by atoms with Crippen LogP contribution in [0.2, 0.25) is 4.47 Å². The van der Waals surface area contributed by atoms with Crippen molar-refractivity contribution in [3.8, 4) is 5.75 Å². The second-order valence-electron chi connectivity index (χ2n) is 7.91. The number of methoxy groups -OCH3 is 1. The summed E-state index contributed by atoms with van der Waals surface area (Å²) in [6.07, 6.45) is 11.8. The third-order valence-corrected chi connectivity index (χ3v) is 6.86. The zero-order valence-corrected chi connectivity index (χ0v) is 21.6. The molecular formula is C25H24Cl2N4O4S. The Bertz CT molecular complexity index is 1240. The van der Waals surface area contributed by atoms with E-state index in [0.717, 1.165) is 10.5 Å². The summed E-state index contributed by atoms with van der Waals surface area (Å²) in [7, 11) is 1.53. The average Bonchev–Trinajstić information content (AvgIpc) is 3.32. The number of amides is 1. The van der Waals surface area contributed by atoms with Gasteiger partial charge in [0, 0.05) is 17.6 Å². The number of halogens is 2. The van der Waals surface area contributed by atoms with E-state index in [2.05, 4.69) is 15.6 Å². The number of thiazole rings is 1. The van der Waals surface area contributed by atoms with Gasteiger partial charge in [0.1, 0.15) is 23.7 Å². The van der Waals surface area contributed by atoms with E-state index < -0.39 is 24.0 Å². The van der Waals surface area contributed by atoms with Crippen molar-refractivity contribution in [3.63, 3.8) is 0 Å². The van der Waals surface area contributed by atoms with E-state index in [1.807, 2.05) is 18.2 Å². The number of carbonyl (C=O) groups is 2. The quantitative estimate of drug-likeness (QED) is 0.278. The molecule has 2 aromatic rings. The van der Waals surface area contributed by atoms with E-state index in [9.17, 15) is 9.59 Å². The summed E-state index contributed by atoms with van der Waals surface area (Å²) in [5.74, 6) is -1.80. The summed E-state index contributed by atoms with van der Waals surface area (Å²) < 4.78 is 11.3. The maximum absolute atomic E-state index is 14.1. The van der Waals surface area contributed by atoms with Gasteiger partial charge in [-0.3, -0.25) is 9.59 Å². The highest BCUT2D eigenvalue weighted by molar-refractivity contribution is 7.15. The SMILES string of the molecule is COc1cccc(C(C(=O)OCC2=CC=C(Cl)NC2)C(=O)N(Cc2cnc(Cl)s2)C2C=CC=CN2)c1. The summed E-state index contributed by atoms with van der Waals surface area (Å²) in [6, 6.07) is 6.86. The van der Waals surface area contributed by atoms with E-state index in [-0.39, 0.29) is 13.2 Å². The van der Waals surface area contributed by atoms with Crippen molar-refractivity contribution in [2.75, 3.05) is 20.3 Å². The first-order chi connectivity index (χ1) is 17.4. The van der Waals surface area contributed by atoms with Crippen LogP contribution in [0.4, 0.5) is 0 Å². The summed E-state index contributed by atoms with van der Waals surface area (Å²) in [5, 5.41) is 6.65. The maximum atomic E-state index is 14.1. The summed E-state index contributed by atoms with van der Waals surface area (Å²) in [5.41, 5.74) is 1.29. The Labute approximate surface area is 222 Å². The second-order valence-corrected chi connectivity index (χ2v) is 10.0. The molecule has 0 aliphatic carbocycles. The number of benzene rings is 1. The average molecular weight is 547 g/mol. The number of esters is 1. The lowest BCUT2D eigenvalue weighted by atomic mass is 9.96. The molecule has 1 aromatic heterocycles. The number of rotatable bonds is 9. The van der Waals surface area contributed by atoms with Crippen LogP contribution in [0.15, 0.2) is 77.8 Å². The standard InChI is InChI=1S/C25H24Cl2N4O4S/c1-34-18-6-4-5-17(11-18)22(24(33)35-15-16-8-9-20(26)29-12-16)23(32)31(21-7-2-3-10-28-21)14-19-13-30-25(27)36-19/h2-11,13,21-22,28-29H,12,14-15H2,1H3. The van der Waals surface area contributed by atoms with Gasteiger partial charge in [-0.1, -0.05) is 47.5 Å². The van der Waals surface area contributed by atoms with Crippen LogP contribution in [0.25, 0.3) is 0 Å². The number of hydrogen-bond donors (Lipinski definition) is 2. The minimum atomic E-state index is -1.22. The first-order valence-electron chi connectivity index (χ1n) is 11.0. The van der Waals surface area contributed by atoms with Crippen LogP contribution in [0.1, 0.15) is 16.4 Å². The summed E-state index contributed by atoms with van der Waals surface area (Å²) in [6.45, 7) is 0.669. The van der Waals surface area contributed by atoms with E-state index in [0.29, 0.717) is 27.5 Å². The number of nitrogens with zero attached hydrogens (tertiary/aromatic N) is 2. The molecule has 0 spiro atoms. The largest absolute Gasteiger partial charge is 0.497 e. The molecule has 1 amide bonds. The Balaban J connectivity index is 1.64. The Hall–Kier alpha value is -3.27. The lowest BCUT2D eigenvalue weighted by Gasteiger charge is -2.33. The van der Waals surface area contributed by atoms with Crippen LogP contribution in [-0.4, -0.2) is 48.2 Å². The highest BCUT2D eigenvalue weighted by Crippen LogP contribution is 2.28. The van der Waals surface area contributed by atoms with Crippen molar-refractivity contribution in [1.82, 2.24) is 20.5 Å². The zero-order valence-electron chi connectivity index (χ0n) is 19.3. The molecule has 8 nitrogen and oxygen atoms in total. The molecule has 2 aliphatic rings. The topological polar surface area (TPSA) is 92.8 Å². The van der Waals surface area contributed by atoms with Gasteiger partial charge in [0.2, 0.25) is 5.91 Å². The highest BCUT2D eigenvalue weighted by atomic mass is 35.5. The molecule has 0 saturated heterocycles. The van der Waals surface area contributed by atoms with Crippen LogP contribution < -0.4 is 15.4 Å². The van der Waals surface area contributed by atoms with Gasteiger partial charge in [0.05, 0.1) is 13.7 Å². The van der Waals surface area contributed by atoms with Gasteiger partial charge in [0.25, 0.3) is 0 Å². The fourth-order valence-electron chi connectivity index (χ4n) is 3.69. The van der Waals surface area contributed by atoms with Crippen LogP contribution in [0.3, 0.4) is 0 Å². The Kier molecular flexibility index (Phi) is 8.69. The van der Waals surface area contributed by atoms with E-state index >= 15 is 0 Å². The van der Waals surface area contributed by atoms with Gasteiger partial charge in [0.15, 0.2) is 10.4 Å². The smallest absolute Gasteiger partial charge is 0.323 e. The number of nitrogens with one attached hydrogen (secondary N) is 2. The van der Waals surface area contributed by atoms with Crippen molar-refractivity contribution in [2.24, 2.45) is 0 Å². The Morgan fingerprint density at radius 1 is 1.28 bits per heavy atom. The number of ether oxygens (including phenoxy) is 2. The van der Waals surface area contributed by atoms with Crippen molar-refractivity contribution < 1.29 is 19.1 Å². The van der Waals surface area contributed by atoms with Crippen molar-refractivity contribution >= 4 is 46.4 Å². The van der Waals surface area contributed by atoms with Crippen LogP contribution in [0, 0.1) is 0 Å². The van der Waals surface area contributed by atoms with Crippen molar-refractivity contribution in [1.29, 1.82) is 0 Å². The van der Waals surface area contributed by atoms with Crippen LogP contribution >= 0.6 is 34.5 Å². The molecule has 0 radical (unpaired) electrons. The predicted molar refractivity (Wildman–Crippen MR) is 140 cm³/mol. The molecular weight excluding hydrogens is 523 g/mol. The first-order valence-corrected chi connectivity index (χ1v) is 12.6. The van der Waals surface area contributed by atoms with E-state index in [1.54, 1.807) is 53.7 Å². The van der Waals surface area contributed by atoms with Crippen LogP contribution in [0.5, 0.6) is 5.75 Å². The number of dihydropyridines is 2. The number of hydrogen-bond acceptors (Lipinski definition) is 8. The fraction of sp³-hybridized carbons (Fsp3) is 0.240. The van der Waals surface area contributed by atoms with Gasteiger partial charge >= 0.3 is 5.97 Å². The van der Waals surface area contributed by atoms with Crippen molar-refractivity contribution in [2.45, 2.75) is 18.6 Å². The molecule has 2 unspecified atom stereocenters. The van der Waals surface area contributed by atoms with Gasteiger partial charge in [-0.15, -0.1) is 11.3 Å². The second kappa shape index (κ2) is 12.1. The third kappa shape index (κ3) is 6.48. The molecule has 188 valence electrons. The minimum Gasteiger partial charge on any atom is -0.497 e. The molecule has 2 N–H and O–H groups in total. The van der Waals surface area contributed by atoms with Gasteiger partial charge in [-0.05, 0) is 47.7 Å². The Morgan fingerprint density at radius 3 is 2.81 bits per heavy atom. The zero-order chi connectivity index (χ0) is 25.5. The molecule has 4 rings (SSSR count). The van der Waals surface area contributed by atoms with Gasteiger partial charge < -0.3 is 25.0 Å². The van der Waals surface area contributed by atoms with Crippen molar-refractivity contribution in [3.05, 3.63) is 92.7 Å². The monoisotopic (exact) mass is 546 g/mol. The number of allylic oxidation sites excluding steroid dienone is 4. The molecule has 0 fully saturated rings. The number of aromatic nitrogens is 1. The molecule has 36 heavy (non-hydrogen) atoms. The molecule has 0 saturated carbocycles. The lowest BCUT2D eigenvalue weighted by molar-refractivity contribution is -0.152. The van der Waals surface area contributed by atoms with E-state index in [4.69, 9.17) is 32.7 Å². The fourth-order valence-corrected chi connectivity index (χ4v) is 4.79. The highest BCUT2D eigenvalue weighted by Gasteiger charge is 2.37. The molecule has 2 aliphatic heterocycles. The normalized spacial score (nSPS) is 17.2. The molecule has 2 atom stereocenters. The molecule has 11 heteroatoms. The molecule has 1 aromatic carbocycles. The molecule has 3 heterocycles. The lowest BCUT2D eigenvalue weighted by Crippen LogP contribution is -2.49. The summed E-state index contributed by atoms with van der Waals surface area (Å²) in [4.78, 5) is 34.0. The summed E-state index contributed by atoms with van der Waals surface area (Å²) >= 11 is 13.2. The van der Waals surface area contributed by atoms with Crippen LogP contribution in [-0.2, 0) is 20.9 Å². The van der Waals surface area contributed by atoms with Gasteiger partial charge in [-0.2, -0.15) is 0 Å². The minimum absolute atomic E-state index is 0.0228.